The van der Waals surface area contributed by atoms with Crippen molar-refractivity contribution in [3.05, 3.63) is 33.7 Å². The zero-order valence-corrected chi connectivity index (χ0v) is 11.9. The first-order valence-electron chi connectivity index (χ1n) is 6.45. The van der Waals surface area contributed by atoms with E-state index >= 15 is 0 Å². The van der Waals surface area contributed by atoms with Crippen molar-refractivity contribution in [1.82, 2.24) is 14.3 Å². The van der Waals surface area contributed by atoms with Crippen LogP contribution >= 0.6 is 11.3 Å². The first-order chi connectivity index (χ1) is 9.13. The maximum atomic E-state index is 11.9. The lowest BCUT2D eigenvalue weighted by Crippen LogP contribution is -2.46. The van der Waals surface area contributed by atoms with E-state index in [1.165, 1.54) is 11.3 Å². The van der Waals surface area contributed by atoms with Crippen LogP contribution in [0.4, 0.5) is 0 Å². The summed E-state index contributed by atoms with van der Waals surface area (Å²) in [5.74, 6) is 0. The SMILES string of the molecule is C[C@@H]1CN(Cc2cc(=O)n3ccsc3n2)[C@@H](C)CO1. The van der Waals surface area contributed by atoms with E-state index in [1.54, 1.807) is 16.7 Å². The van der Waals surface area contributed by atoms with Gasteiger partial charge in [0.05, 0.1) is 18.4 Å². The van der Waals surface area contributed by atoms with Crippen molar-refractivity contribution >= 4 is 16.3 Å². The third-order valence-corrected chi connectivity index (χ3v) is 4.21. The van der Waals surface area contributed by atoms with Crippen molar-refractivity contribution in [2.45, 2.75) is 32.5 Å². The van der Waals surface area contributed by atoms with Crippen LogP contribution in [0, 0.1) is 0 Å². The van der Waals surface area contributed by atoms with Crippen molar-refractivity contribution in [2.24, 2.45) is 0 Å². The van der Waals surface area contributed by atoms with E-state index in [4.69, 9.17) is 4.74 Å². The minimum absolute atomic E-state index is 0.00443. The van der Waals surface area contributed by atoms with Gasteiger partial charge >= 0.3 is 0 Å². The van der Waals surface area contributed by atoms with Crippen molar-refractivity contribution < 1.29 is 4.74 Å². The maximum Gasteiger partial charge on any atom is 0.258 e. The van der Waals surface area contributed by atoms with E-state index < -0.39 is 0 Å². The largest absolute Gasteiger partial charge is 0.376 e. The van der Waals surface area contributed by atoms with Crippen LogP contribution in [0.1, 0.15) is 19.5 Å². The number of hydrogen-bond acceptors (Lipinski definition) is 5. The first-order valence-corrected chi connectivity index (χ1v) is 7.33. The molecule has 1 aliphatic rings. The average Bonchev–Trinajstić information content (AvgIpc) is 2.82. The second-order valence-corrected chi connectivity index (χ2v) is 5.94. The van der Waals surface area contributed by atoms with Gasteiger partial charge in [-0.05, 0) is 13.8 Å². The van der Waals surface area contributed by atoms with E-state index in [0.29, 0.717) is 12.6 Å². The first kappa shape index (κ1) is 12.8. The van der Waals surface area contributed by atoms with Gasteiger partial charge in [-0.2, -0.15) is 0 Å². The van der Waals surface area contributed by atoms with Crippen LogP contribution in [0.5, 0.6) is 0 Å². The summed E-state index contributed by atoms with van der Waals surface area (Å²) in [6, 6.07) is 1.99. The van der Waals surface area contributed by atoms with Crippen LogP contribution in [-0.2, 0) is 11.3 Å². The van der Waals surface area contributed by atoms with Gasteiger partial charge in [0.15, 0.2) is 4.96 Å². The number of rotatable bonds is 2. The van der Waals surface area contributed by atoms with Crippen LogP contribution in [0.15, 0.2) is 22.4 Å². The lowest BCUT2D eigenvalue weighted by atomic mass is 10.2. The molecule has 2 aromatic rings. The second-order valence-electron chi connectivity index (χ2n) is 5.06. The summed E-state index contributed by atoms with van der Waals surface area (Å²) < 4.78 is 7.20. The van der Waals surface area contributed by atoms with E-state index in [-0.39, 0.29) is 11.7 Å². The molecule has 1 aliphatic heterocycles. The molecule has 0 radical (unpaired) electrons. The average molecular weight is 279 g/mol. The highest BCUT2D eigenvalue weighted by atomic mass is 32.1. The summed E-state index contributed by atoms with van der Waals surface area (Å²) in [4.78, 5) is 19.6. The van der Waals surface area contributed by atoms with Gasteiger partial charge in [-0.3, -0.25) is 14.1 Å². The van der Waals surface area contributed by atoms with Gasteiger partial charge < -0.3 is 4.74 Å². The second kappa shape index (κ2) is 5.03. The van der Waals surface area contributed by atoms with Gasteiger partial charge in [0.2, 0.25) is 0 Å². The number of fused-ring (bicyclic) bond motifs is 1. The van der Waals surface area contributed by atoms with Crippen molar-refractivity contribution in [3.8, 4) is 0 Å². The predicted molar refractivity (Wildman–Crippen MR) is 74.6 cm³/mol. The molecule has 0 aliphatic carbocycles. The fourth-order valence-corrected chi connectivity index (χ4v) is 3.11. The molecule has 2 aromatic heterocycles. The van der Waals surface area contributed by atoms with Gasteiger partial charge in [0.25, 0.3) is 5.56 Å². The Bertz CT molecular complexity index is 636. The lowest BCUT2D eigenvalue weighted by molar-refractivity contribution is -0.0530. The maximum absolute atomic E-state index is 11.9. The number of hydrogen-bond donors (Lipinski definition) is 0. The third kappa shape index (κ3) is 2.56. The predicted octanol–water partition coefficient (Wildman–Crippen LogP) is 1.37. The Labute approximate surface area is 115 Å². The molecule has 0 N–H and O–H groups in total. The van der Waals surface area contributed by atoms with Crippen LogP contribution in [-0.4, -0.2) is 39.6 Å². The van der Waals surface area contributed by atoms with E-state index in [9.17, 15) is 4.79 Å². The molecule has 3 rings (SSSR count). The van der Waals surface area contributed by atoms with Crippen LogP contribution in [0.3, 0.4) is 0 Å². The Morgan fingerprint density at radius 3 is 3.21 bits per heavy atom. The Kier molecular flexibility index (Phi) is 3.38. The molecule has 19 heavy (non-hydrogen) atoms. The molecule has 0 bridgehead atoms. The molecule has 0 aromatic carbocycles. The quantitative estimate of drug-likeness (QED) is 0.833. The van der Waals surface area contributed by atoms with E-state index in [1.807, 2.05) is 5.38 Å². The Balaban J connectivity index is 1.86. The summed E-state index contributed by atoms with van der Waals surface area (Å²) in [5, 5.41) is 1.88. The van der Waals surface area contributed by atoms with Crippen molar-refractivity contribution in [1.29, 1.82) is 0 Å². The zero-order valence-electron chi connectivity index (χ0n) is 11.1. The number of thiazole rings is 1. The molecule has 0 amide bonds. The topological polar surface area (TPSA) is 46.8 Å². The third-order valence-electron chi connectivity index (χ3n) is 3.46. The molecule has 0 spiro atoms. The molecule has 1 saturated heterocycles. The molecule has 5 nitrogen and oxygen atoms in total. The van der Waals surface area contributed by atoms with Gasteiger partial charge in [0, 0.05) is 36.8 Å². The van der Waals surface area contributed by atoms with Gasteiger partial charge in [0.1, 0.15) is 0 Å². The molecule has 2 atom stereocenters. The van der Waals surface area contributed by atoms with Gasteiger partial charge in [-0.1, -0.05) is 0 Å². The monoisotopic (exact) mass is 279 g/mol. The molecular weight excluding hydrogens is 262 g/mol. The Morgan fingerprint density at radius 1 is 1.53 bits per heavy atom. The van der Waals surface area contributed by atoms with Crippen molar-refractivity contribution in [3.63, 3.8) is 0 Å². The lowest BCUT2D eigenvalue weighted by Gasteiger charge is -2.36. The summed E-state index contributed by atoms with van der Waals surface area (Å²) in [7, 11) is 0. The summed E-state index contributed by atoms with van der Waals surface area (Å²) in [5.41, 5.74) is 0.837. The Morgan fingerprint density at radius 2 is 2.37 bits per heavy atom. The van der Waals surface area contributed by atoms with Crippen LogP contribution in [0.2, 0.25) is 0 Å². The number of morpholine rings is 1. The molecule has 6 heteroatoms. The van der Waals surface area contributed by atoms with Gasteiger partial charge in [-0.15, -0.1) is 11.3 Å². The zero-order chi connectivity index (χ0) is 13.4. The highest BCUT2D eigenvalue weighted by Gasteiger charge is 2.23. The fourth-order valence-electron chi connectivity index (χ4n) is 2.37. The standard InChI is InChI=1S/C13H17N3O2S/c1-9-8-18-10(2)6-15(9)7-11-5-12(17)16-3-4-19-13(16)14-11/h3-5,9-10H,6-8H2,1-2H3/t9-,10+/m0/s1. The molecule has 0 unspecified atom stereocenters. The summed E-state index contributed by atoms with van der Waals surface area (Å²) in [6.07, 6.45) is 2.00. The molecule has 1 fully saturated rings. The summed E-state index contributed by atoms with van der Waals surface area (Å²) >= 11 is 1.49. The fraction of sp³-hybridized carbons (Fsp3) is 0.538. The summed E-state index contributed by atoms with van der Waals surface area (Å²) in [6.45, 7) is 6.54. The molecule has 102 valence electrons. The minimum Gasteiger partial charge on any atom is -0.376 e. The highest BCUT2D eigenvalue weighted by Crippen LogP contribution is 2.15. The molecule has 3 heterocycles. The van der Waals surface area contributed by atoms with Crippen molar-refractivity contribution in [2.75, 3.05) is 13.2 Å². The van der Waals surface area contributed by atoms with E-state index in [2.05, 4.69) is 23.7 Å². The van der Waals surface area contributed by atoms with Crippen LogP contribution < -0.4 is 5.56 Å². The smallest absolute Gasteiger partial charge is 0.258 e. The number of ether oxygens (including phenoxy) is 1. The molecule has 0 saturated carbocycles. The minimum atomic E-state index is -0.00443. The van der Waals surface area contributed by atoms with Crippen LogP contribution in [0.25, 0.3) is 4.96 Å². The molecular formula is C13H17N3O2S. The van der Waals surface area contributed by atoms with E-state index in [0.717, 1.165) is 23.8 Å². The van der Waals surface area contributed by atoms with Gasteiger partial charge in [-0.25, -0.2) is 4.98 Å². The number of nitrogens with zero attached hydrogens (tertiary/aromatic N) is 3. The Hall–Kier alpha value is -1.24. The number of aromatic nitrogens is 2. The highest BCUT2D eigenvalue weighted by molar-refractivity contribution is 7.15. The normalized spacial score (nSPS) is 24.9.